The molecule has 0 aromatic carbocycles. The number of hydrogen-bond donors (Lipinski definition) is 1. The third kappa shape index (κ3) is 3.09. The van der Waals surface area contributed by atoms with E-state index in [1.54, 1.807) is 0 Å². The summed E-state index contributed by atoms with van der Waals surface area (Å²) in [7, 11) is 2.00. The van der Waals surface area contributed by atoms with Crippen molar-refractivity contribution in [2.75, 3.05) is 0 Å². The van der Waals surface area contributed by atoms with E-state index in [1.807, 2.05) is 11.7 Å². The van der Waals surface area contributed by atoms with E-state index in [9.17, 15) is 0 Å². The largest absolute Gasteiger partial charge is 0.310 e. The molecule has 1 saturated carbocycles. The maximum absolute atomic E-state index is 4.48. The fourth-order valence-corrected chi connectivity index (χ4v) is 2.89. The van der Waals surface area contributed by atoms with Crippen LogP contribution in [0.2, 0.25) is 0 Å². The summed E-state index contributed by atoms with van der Waals surface area (Å²) >= 11 is 0. The second-order valence-corrected chi connectivity index (χ2v) is 6.11. The molecule has 3 heteroatoms. The maximum Gasteiger partial charge on any atom is 0.0666 e. The number of aryl methyl sites for hydroxylation is 2. The predicted octanol–water partition coefficient (Wildman–Crippen LogP) is 2.65. The Morgan fingerprint density at radius 3 is 2.88 bits per heavy atom. The first-order valence-corrected chi connectivity index (χ1v) is 6.75. The van der Waals surface area contributed by atoms with Crippen molar-refractivity contribution in [3.05, 3.63) is 17.5 Å². The van der Waals surface area contributed by atoms with Gasteiger partial charge >= 0.3 is 0 Å². The second-order valence-electron chi connectivity index (χ2n) is 6.11. The first-order valence-electron chi connectivity index (χ1n) is 6.75. The molecule has 1 heterocycles. The van der Waals surface area contributed by atoms with E-state index in [1.165, 1.54) is 30.5 Å². The molecule has 1 fully saturated rings. The monoisotopic (exact) mass is 235 g/mol. The summed E-state index contributed by atoms with van der Waals surface area (Å²) < 4.78 is 1.93. The Balaban J connectivity index is 1.90. The molecule has 96 valence electrons. The normalized spacial score (nSPS) is 23.2. The van der Waals surface area contributed by atoms with Gasteiger partial charge in [0, 0.05) is 31.4 Å². The molecule has 0 aliphatic heterocycles. The van der Waals surface area contributed by atoms with Gasteiger partial charge in [0.2, 0.25) is 0 Å². The number of nitrogens with one attached hydrogen (secondary N) is 1. The van der Waals surface area contributed by atoms with Crippen LogP contribution >= 0.6 is 0 Å². The third-order valence-corrected chi connectivity index (χ3v) is 3.88. The molecule has 1 N–H and O–H groups in total. The first-order chi connectivity index (χ1) is 8.00. The van der Waals surface area contributed by atoms with Crippen LogP contribution in [0.1, 0.15) is 51.3 Å². The number of aromatic nitrogens is 2. The van der Waals surface area contributed by atoms with Crippen LogP contribution in [0, 0.1) is 5.41 Å². The summed E-state index contributed by atoms with van der Waals surface area (Å²) in [6.45, 7) is 7.88. The van der Waals surface area contributed by atoms with Gasteiger partial charge in [0.1, 0.15) is 0 Å². The third-order valence-electron chi connectivity index (χ3n) is 3.88. The molecule has 1 aromatic rings. The molecule has 2 rings (SSSR count). The predicted molar refractivity (Wildman–Crippen MR) is 70.8 cm³/mol. The number of hydrogen-bond acceptors (Lipinski definition) is 2. The van der Waals surface area contributed by atoms with Gasteiger partial charge in [-0.1, -0.05) is 20.8 Å². The Bertz CT molecular complexity index is 379. The summed E-state index contributed by atoms with van der Waals surface area (Å²) in [6.07, 6.45) is 7.13. The van der Waals surface area contributed by atoms with Gasteiger partial charge in [-0.2, -0.15) is 5.10 Å². The standard InChI is InChI=1S/C14H25N3/c1-5-13-11(10-17(4)16-13)9-15-12-6-7-14(2,3)8-12/h10,12,15H,5-9H2,1-4H3. The Morgan fingerprint density at radius 1 is 1.53 bits per heavy atom. The minimum absolute atomic E-state index is 0.528. The molecular weight excluding hydrogens is 210 g/mol. The topological polar surface area (TPSA) is 29.9 Å². The second kappa shape index (κ2) is 4.81. The first kappa shape index (κ1) is 12.6. The molecule has 0 bridgehead atoms. The minimum Gasteiger partial charge on any atom is -0.310 e. The summed E-state index contributed by atoms with van der Waals surface area (Å²) in [5, 5.41) is 8.17. The lowest BCUT2D eigenvalue weighted by atomic mass is 9.92. The quantitative estimate of drug-likeness (QED) is 0.869. The van der Waals surface area contributed by atoms with Crippen molar-refractivity contribution in [3.63, 3.8) is 0 Å². The molecule has 1 unspecified atom stereocenters. The fraction of sp³-hybridized carbons (Fsp3) is 0.786. The Kier molecular flexibility index (Phi) is 3.57. The van der Waals surface area contributed by atoms with Crippen LogP contribution in [0.5, 0.6) is 0 Å². The zero-order valence-corrected chi connectivity index (χ0v) is 11.6. The van der Waals surface area contributed by atoms with Crippen molar-refractivity contribution in [2.45, 2.75) is 59.0 Å². The van der Waals surface area contributed by atoms with Gasteiger partial charge in [0.15, 0.2) is 0 Å². The maximum atomic E-state index is 4.48. The van der Waals surface area contributed by atoms with Crippen molar-refractivity contribution in [1.82, 2.24) is 15.1 Å². The van der Waals surface area contributed by atoms with Crippen LogP contribution in [0.15, 0.2) is 6.20 Å². The molecular formula is C14H25N3. The van der Waals surface area contributed by atoms with E-state index < -0.39 is 0 Å². The summed E-state index contributed by atoms with van der Waals surface area (Å²) in [4.78, 5) is 0. The van der Waals surface area contributed by atoms with Crippen LogP contribution in [0.3, 0.4) is 0 Å². The van der Waals surface area contributed by atoms with E-state index in [0.717, 1.165) is 13.0 Å². The SMILES string of the molecule is CCc1nn(C)cc1CNC1CCC(C)(C)C1. The van der Waals surface area contributed by atoms with Gasteiger partial charge in [-0.3, -0.25) is 4.68 Å². The molecule has 0 amide bonds. The number of rotatable bonds is 4. The molecule has 1 aliphatic carbocycles. The highest BCUT2D eigenvalue weighted by molar-refractivity contribution is 5.16. The molecule has 1 aliphatic rings. The summed E-state index contributed by atoms with van der Waals surface area (Å²) in [6, 6.07) is 0.690. The molecule has 0 saturated heterocycles. The van der Waals surface area contributed by atoms with Crippen molar-refractivity contribution < 1.29 is 0 Å². The van der Waals surface area contributed by atoms with Crippen LogP contribution in [-0.2, 0) is 20.0 Å². The van der Waals surface area contributed by atoms with E-state index in [-0.39, 0.29) is 0 Å². The van der Waals surface area contributed by atoms with E-state index in [4.69, 9.17) is 0 Å². The van der Waals surface area contributed by atoms with Crippen molar-refractivity contribution in [2.24, 2.45) is 12.5 Å². The van der Waals surface area contributed by atoms with Crippen molar-refractivity contribution in [1.29, 1.82) is 0 Å². The van der Waals surface area contributed by atoms with E-state index in [2.05, 4.69) is 37.4 Å². The minimum atomic E-state index is 0.528. The molecule has 0 spiro atoms. The van der Waals surface area contributed by atoms with Crippen LogP contribution in [-0.4, -0.2) is 15.8 Å². The van der Waals surface area contributed by atoms with Gasteiger partial charge in [0.05, 0.1) is 5.69 Å². The van der Waals surface area contributed by atoms with Gasteiger partial charge in [-0.15, -0.1) is 0 Å². The highest BCUT2D eigenvalue weighted by atomic mass is 15.3. The Labute approximate surface area is 105 Å². The van der Waals surface area contributed by atoms with Crippen molar-refractivity contribution in [3.8, 4) is 0 Å². The lowest BCUT2D eigenvalue weighted by molar-refractivity contribution is 0.364. The van der Waals surface area contributed by atoms with E-state index >= 15 is 0 Å². The zero-order valence-electron chi connectivity index (χ0n) is 11.6. The smallest absolute Gasteiger partial charge is 0.0666 e. The molecule has 0 radical (unpaired) electrons. The number of nitrogens with zero attached hydrogens (tertiary/aromatic N) is 2. The molecule has 3 nitrogen and oxygen atoms in total. The fourth-order valence-electron chi connectivity index (χ4n) is 2.89. The highest BCUT2D eigenvalue weighted by Crippen LogP contribution is 2.36. The molecule has 17 heavy (non-hydrogen) atoms. The Hall–Kier alpha value is -0.830. The summed E-state index contributed by atoms with van der Waals surface area (Å²) in [5.74, 6) is 0. The lowest BCUT2D eigenvalue weighted by Crippen LogP contribution is -2.27. The molecule has 1 aromatic heterocycles. The van der Waals surface area contributed by atoms with Crippen molar-refractivity contribution >= 4 is 0 Å². The van der Waals surface area contributed by atoms with Gasteiger partial charge in [0.25, 0.3) is 0 Å². The van der Waals surface area contributed by atoms with Gasteiger partial charge in [-0.05, 0) is 31.1 Å². The summed E-state index contributed by atoms with van der Waals surface area (Å²) in [5.41, 5.74) is 3.12. The highest BCUT2D eigenvalue weighted by Gasteiger charge is 2.30. The van der Waals surface area contributed by atoms with Gasteiger partial charge in [-0.25, -0.2) is 0 Å². The average Bonchev–Trinajstić information content (AvgIpc) is 2.78. The Morgan fingerprint density at radius 2 is 2.29 bits per heavy atom. The lowest BCUT2D eigenvalue weighted by Gasteiger charge is -2.17. The van der Waals surface area contributed by atoms with Gasteiger partial charge < -0.3 is 5.32 Å². The van der Waals surface area contributed by atoms with Crippen LogP contribution < -0.4 is 5.32 Å². The van der Waals surface area contributed by atoms with Crippen LogP contribution in [0.25, 0.3) is 0 Å². The zero-order chi connectivity index (χ0) is 12.5. The molecule has 1 atom stereocenters. The van der Waals surface area contributed by atoms with E-state index in [0.29, 0.717) is 11.5 Å². The van der Waals surface area contributed by atoms with Crippen LogP contribution in [0.4, 0.5) is 0 Å². The average molecular weight is 235 g/mol.